The third-order valence-electron chi connectivity index (χ3n) is 5.14. The van der Waals surface area contributed by atoms with Crippen molar-refractivity contribution in [1.29, 1.82) is 0 Å². The molecule has 2 aromatic heterocycles. The van der Waals surface area contributed by atoms with Crippen LogP contribution in [0.5, 0.6) is 0 Å². The van der Waals surface area contributed by atoms with Crippen LogP contribution >= 0.6 is 0 Å². The highest BCUT2D eigenvalue weighted by Crippen LogP contribution is 2.25. The molecule has 2 aliphatic heterocycles. The monoisotopic (exact) mass is 341 g/mol. The van der Waals surface area contributed by atoms with Gasteiger partial charge in [-0.2, -0.15) is 0 Å². The number of H-pyrrole nitrogens is 1. The SMILES string of the molecule is O=C(c1cnc[nH]1)N1CC[C@@H]2OCCN(Cc3ccncc3)[C@@H]2CC1. The van der Waals surface area contributed by atoms with Crippen LogP contribution in [0.2, 0.25) is 0 Å². The van der Waals surface area contributed by atoms with Gasteiger partial charge in [0.15, 0.2) is 0 Å². The molecule has 2 atom stereocenters. The summed E-state index contributed by atoms with van der Waals surface area (Å²) in [5.41, 5.74) is 1.82. The molecule has 4 rings (SSSR count). The molecule has 25 heavy (non-hydrogen) atoms. The van der Waals surface area contributed by atoms with Crippen LogP contribution in [0.1, 0.15) is 28.9 Å². The molecule has 2 aliphatic rings. The molecule has 2 aromatic rings. The number of morpholine rings is 1. The summed E-state index contributed by atoms with van der Waals surface area (Å²) in [6.07, 6.45) is 8.80. The van der Waals surface area contributed by atoms with Crippen molar-refractivity contribution in [2.45, 2.75) is 31.5 Å². The zero-order valence-corrected chi connectivity index (χ0v) is 14.2. The van der Waals surface area contributed by atoms with Gasteiger partial charge in [0.25, 0.3) is 5.91 Å². The van der Waals surface area contributed by atoms with Crippen LogP contribution in [-0.2, 0) is 11.3 Å². The second kappa shape index (κ2) is 7.33. The minimum Gasteiger partial charge on any atom is -0.375 e. The van der Waals surface area contributed by atoms with Crippen LogP contribution in [-0.4, -0.2) is 69.0 Å². The van der Waals surface area contributed by atoms with Crippen LogP contribution in [0.3, 0.4) is 0 Å². The normalized spacial score (nSPS) is 24.6. The van der Waals surface area contributed by atoms with Crippen molar-refractivity contribution in [2.24, 2.45) is 0 Å². The molecule has 0 bridgehead atoms. The fraction of sp³-hybridized carbons (Fsp3) is 0.500. The fourth-order valence-electron chi connectivity index (χ4n) is 3.83. The topological polar surface area (TPSA) is 74.3 Å². The number of hydrogen-bond acceptors (Lipinski definition) is 5. The van der Waals surface area contributed by atoms with E-state index < -0.39 is 0 Å². The van der Waals surface area contributed by atoms with Gasteiger partial charge in [0, 0.05) is 44.6 Å². The first-order valence-electron chi connectivity index (χ1n) is 8.83. The lowest BCUT2D eigenvalue weighted by atomic mass is 10.0. The summed E-state index contributed by atoms with van der Waals surface area (Å²) < 4.78 is 6.04. The second-order valence-corrected chi connectivity index (χ2v) is 6.64. The van der Waals surface area contributed by atoms with Gasteiger partial charge in [-0.15, -0.1) is 0 Å². The van der Waals surface area contributed by atoms with Crippen LogP contribution in [0.15, 0.2) is 37.1 Å². The fourth-order valence-corrected chi connectivity index (χ4v) is 3.83. The van der Waals surface area contributed by atoms with Gasteiger partial charge in [0.2, 0.25) is 0 Å². The summed E-state index contributed by atoms with van der Waals surface area (Å²) in [6.45, 7) is 4.05. The van der Waals surface area contributed by atoms with Gasteiger partial charge in [-0.3, -0.25) is 14.7 Å². The molecule has 0 spiro atoms. The van der Waals surface area contributed by atoms with Gasteiger partial charge in [0.05, 0.1) is 25.2 Å². The van der Waals surface area contributed by atoms with E-state index in [4.69, 9.17) is 4.74 Å². The summed E-state index contributed by atoms with van der Waals surface area (Å²) in [7, 11) is 0. The van der Waals surface area contributed by atoms with Gasteiger partial charge >= 0.3 is 0 Å². The number of likely N-dealkylation sites (tertiary alicyclic amines) is 1. The molecule has 2 saturated heterocycles. The van der Waals surface area contributed by atoms with Crippen molar-refractivity contribution in [3.05, 3.63) is 48.3 Å². The molecule has 0 radical (unpaired) electrons. The van der Waals surface area contributed by atoms with E-state index in [1.165, 1.54) is 5.56 Å². The quantitative estimate of drug-likeness (QED) is 0.911. The summed E-state index contributed by atoms with van der Waals surface area (Å²) >= 11 is 0. The Labute approximate surface area is 147 Å². The molecule has 0 unspecified atom stereocenters. The van der Waals surface area contributed by atoms with Crippen molar-refractivity contribution in [2.75, 3.05) is 26.2 Å². The molecule has 4 heterocycles. The standard InChI is InChI=1S/C18H23N5O2/c24-18(15-11-20-13-21-15)22-7-3-16-17(4-8-22)25-10-9-23(16)12-14-1-5-19-6-2-14/h1-2,5-6,11,13,16-17H,3-4,7-10,12H2,(H,20,21)/t16-,17+/m1/s1. The van der Waals surface area contributed by atoms with Crippen molar-refractivity contribution < 1.29 is 9.53 Å². The van der Waals surface area contributed by atoms with Crippen molar-refractivity contribution >= 4 is 5.91 Å². The Morgan fingerprint density at radius 2 is 2.04 bits per heavy atom. The van der Waals surface area contributed by atoms with E-state index in [-0.39, 0.29) is 12.0 Å². The Balaban J connectivity index is 1.44. The molecule has 0 aromatic carbocycles. The number of nitrogens with one attached hydrogen (secondary N) is 1. The number of aromatic amines is 1. The summed E-state index contributed by atoms with van der Waals surface area (Å²) in [5, 5.41) is 0. The first-order valence-corrected chi connectivity index (χ1v) is 8.83. The Hall–Kier alpha value is -2.25. The second-order valence-electron chi connectivity index (χ2n) is 6.64. The minimum absolute atomic E-state index is 0.0248. The van der Waals surface area contributed by atoms with E-state index in [9.17, 15) is 4.79 Å². The van der Waals surface area contributed by atoms with Crippen molar-refractivity contribution in [3.63, 3.8) is 0 Å². The van der Waals surface area contributed by atoms with E-state index in [1.807, 2.05) is 17.3 Å². The molecule has 132 valence electrons. The van der Waals surface area contributed by atoms with Crippen LogP contribution in [0.4, 0.5) is 0 Å². The number of carbonyl (C=O) groups is 1. The van der Waals surface area contributed by atoms with E-state index in [0.29, 0.717) is 11.7 Å². The van der Waals surface area contributed by atoms with Gasteiger partial charge in [-0.1, -0.05) is 0 Å². The lowest BCUT2D eigenvalue weighted by molar-refractivity contribution is -0.0746. The van der Waals surface area contributed by atoms with Crippen molar-refractivity contribution in [1.82, 2.24) is 24.8 Å². The Bertz CT molecular complexity index is 691. The van der Waals surface area contributed by atoms with Crippen molar-refractivity contribution in [3.8, 4) is 0 Å². The highest BCUT2D eigenvalue weighted by Gasteiger charge is 2.35. The number of aromatic nitrogens is 3. The van der Waals surface area contributed by atoms with Crippen LogP contribution < -0.4 is 0 Å². The number of fused-ring (bicyclic) bond motifs is 1. The Morgan fingerprint density at radius 3 is 2.84 bits per heavy atom. The molecule has 1 N–H and O–H groups in total. The number of rotatable bonds is 3. The van der Waals surface area contributed by atoms with Crippen LogP contribution in [0.25, 0.3) is 0 Å². The van der Waals surface area contributed by atoms with Gasteiger partial charge in [-0.05, 0) is 30.5 Å². The van der Waals surface area contributed by atoms with E-state index in [1.54, 1.807) is 12.5 Å². The smallest absolute Gasteiger partial charge is 0.271 e. The van der Waals surface area contributed by atoms with E-state index >= 15 is 0 Å². The lowest BCUT2D eigenvalue weighted by Gasteiger charge is -2.40. The number of ether oxygens (including phenoxy) is 1. The number of pyridine rings is 1. The Morgan fingerprint density at radius 1 is 1.20 bits per heavy atom. The number of carbonyl (C=O) groups excluding carboxylic acids is 1. The molecule has 0 aliphatic carbocycles. The molecule has 7 nitrogen and oxygen atoms in total. The van der Waals surface area contributed by atoms with E-state index in [2.05, 4.69) is 32.0 Å². The predicted molar refractivity (Wildman–Crippen MR) is 91.9 cm³/mol. The molecule has 7 heteroatoms. The highest BCUT2D eigenvalue weighted by atomic mass is 16.5. The first-order chi connectivity index (χ1) is 12.3. The molecule has 0 saturated carbocycles. The Kier molecular flexibility index (Phi) is 4.76. The van der Waals surface area contributed by atoms with Gasteiger partial charge in [0.1, 0.15) is 5.69 Å². The summed E-state index contributed by atoms with van der Waals surface area (Å²) in [6, 6.07) is 4.48. The first kappa shape index (κ1) is 16.2. The highest BCUT2D eigenvalue weighted by molar-refractivity contribution is 5.92. The third-order valence-corrected chi connectivity index (χ3v) is 5.14. The van der Waals surface area contributed by atoms with Gasteiger partial charge in [-0.25, -0.2) is 4.98 Å². The van der Waals surface area contributed by atoms with E-state index in [0.717, 1.165) is 45.6 Å². The predicted octanol–water partition coefficient (Wildman–Crippen LogP) is 1.31. The molecule has 2 fully saturated rings. The zero-order valence-electron chi connectivity index (χ0n) is 14.2. The number of amides is 1. The summed E-state index contributed by atoms with van der Waals surface area (Å²) in [5.74, 6) is 0.0248. The third kappa shape index (κ3) is 3.57. The largest absolute Gasteiger partial charge is 0.375 e. The molecule has 1 amide bonds. The molecular weight excluding hydrogens is 318 g/mol. The number of nitrogens with zero attached hydrogens (tertiary/aromatic N) is 4. The maximum absolute atomic E-state index is 12.6. The van der Waals surface area contributed by atoms with Gasteiger partial charge < -0.3 is 14.6 Å². The minimum atomic E-state index is 0.0248. The van der Waals surface area contributed by atoms with Crippen LogP contribution in [0, 0.1) is 0 Å². The number of hydrogen-bond donors (Lipinski definition) is 1. The zero-order chi connectivity index (χ0) is 17.1. The average Bonchev–Trinajstić information content (AvgIpc) is 3.09. The number of imidazole rings is 1. The maximum Gasteiger partial charge on any atom is 0.271 e. The summed E-state index contributed by atoms with van der Waals surface area (Å²) in [4.78, 5) is 27.9. The maximum atomic E-state index is 12.6. The average molecular weight is 341 g/mol. The lowest BCUT2D eigenvalue weighted by Crippen LogP contribution is -2.50. The molecular formula is C18H23N5O2.